The molecule has 0 spiro atoms. The van der Waals surface area contributed by atoms with Crippen molar-refractivity contribution in [1.29, 1.82) is 0 Å². The van der Waals surface area contributed by atoms with Gasteiger partial charge in [0.25, 0.3) is 5.91 Å². The number of rotatable bonds is 10. The highest BCUT2D eigenvalue weighted by atomic mass is 19.1. The number of carbonyl (C=O) groups is 1. The first-order valence-electron chi connectivity index (χ1n) is 12.3. The average Bonchev–Trinajstić information content (AvgIpc) is 2.82. The first-order chi connectivity index (χ1) is 16.1. The lowest BCUT2D eigenvalue weighted by molar-refractivity contribution is 0.0836. The van der Waals surface area contributed by atoms with Gasteiger partial charge in [-0.2, -0.15) is 0 Å². The van der Waals surface area contributed by atoms with Gasteiger partial charge in [0.05, 0.1) is 6.61 Å². The molecule has 6 heteroatoms. The molecule has 2 atom stereocenters. The molecule has 0 aliphatic carbocycles. The van der Waals surface area contributed by atoms with Crippen molar-refractivity contribution >= 4 is 5.91 Å². The van der Waals surface area contributed by atoms with Crippen LogP contribution in [0, 0.1) is 11.8 Å². The highest BCUT2D eigenvalue weighted by Crippen LogP contribution is 2.25. The van der Waals surface area contributed by atoms with E-state index in [1.165, 1.54) is 0 Å². The topological polar surface area (TPSA) is 61.8 Å². The maximum atomic E-state index is 13.8. The Morgan fingerprint density at radius 2 is 1.65 bits per heavy atom. The van der Waals surface area contributed by atoms with Crippen molar-refractivity contribution in [3.63, 3.8) is 0 Å². The average molecular weight is 471 g/mol. The van der Waals surface area contributed by atoms with Gasteiger partial charge in [0.1, 0.15) is 11.4 Å². The van der Waals surface area contributed by atoms with Crippen LogP contribution in [0.1, 0.15) is 50.9 Å². The summed E-state index contributed by atoms with van der Waals surface area (Å²) in [6.07, 6.45) is 2.07. The molecular weight excluding hydrogens is 431 g/mol. The van der Waals surface area contributed by atoms with Gasteiger partial charge in [0, 0.05) is 24.8 Å². The summed E-state index contributed by atoms with van der Waals surface area (Å²) in [4.78, 5) is 14.6. The van der Waals surface area contributed by atoms with Gasteiger partial charge in [-0.1, -0.05) is 31.2 Å². The lowest BCUT2D eigenvalue weighted by Gasteiger charge is -2.34. The molecule has 1 heterocycles. The fourth-order valence-corrected chi connectivity index (χ4v) is 4.21. The van der Waals surface area contributed by atoms with Gasteiger partial charge in [-0.05, 0) is 93.9 Å². The Morgan fingerprint density at radius 3 is 2.18 bits per heavy atom. The van der Waals surface area contributed by atoms with Gasteiger partial charge in [-0.25, -0.2) is 4.39 Å². The molecule has 3 rings (SSSR count). The predicted octanol–water partition coefficient (Wildman–Crippen LogP) is 4.94. The summed E-state index contributed by atoms with van der Waals surface area (Å²) in [5, 5.41) is 12.2. The molecule has 1 amide bonds. The van der Waals surface area contributed by atoms with Crippen molar-refractivity contribution in [3.05, 3.63) is 54.1 Å². The minimum absolute atomic E-state index is 0.00513. The van der Waals surface area contributed by atoms with Crippen molar-refractivity contribution in [3.8, 4) is 16.9 Å². The first-order valence-corrected chi connectivity index (χ1v) is 12.3. The molecule has 0 aromatic heterocycles. The fourth-order valence-electron chi connectivity index (χ4n) is 4.21. The maximum absolute atomic E-state index is 13.8. The molecule has 34 heavy (non-hydrogen) atoms. The van der Waals surface area contributed by atoms with Crippen LogP contribution in [0.25, 0.3) is 11.1 Å². The standard InChI is InChI=1S/C28H39FN2O3/c1-20(17-32)21(2)30-27(33)25-7-5-23(6-8-25)24-9-11-26(12-10-24)34-18-22-13-15-31(16-14-22)19-28(3,4)29/h5-12,20-22,32H,13-19H2,1-4H3,(H,30,33). The Kier molecular flexibility index (Phi) is 9.09. The van der Waals surface area contributed by atoms with E-state index in [0.717, 1.165) is 42.8 Å². The summed E-state index contributed by atoms with van der Waals surface area (Å²) >= 11 is 0. The van der Waals surface area contributed by atoms with E-state index in [9.17, 15) is 14.3 Å². The molecule has 5 nitrogen and oxygen atoms in total. The number of alkyl halides is 1. The normalized spacial score (nSPS) is 17.2. The SMILES string of the molecule is CC(CO)C(C)NC(=O)c1ccc(-c2ccc(OCC3CCN(CC(C)(C)F)CC3)cc2)cc1. The molecule has 2 N–H and O–H groups in total. The zero-order chi connectivity index (χ0) is 24.7. The summed E-state index contributed by atoms with van der Waals surface area (Å²) in [5.74, 6) is 1.22. The van der Waals surface area contributed by atoms with Crippen LogP contribution in [0.4, 0.5) is 4.39 Å². The van der Waals surface area contributed by atoms with Crippen LogP contribution in [0.3, 0.4) is 0 Å². The molecule has 1 aliphatic heterocycles. The Labute approximate surface area is 203 Å². The van der Waals surface area contributed by atoms with E-state index in [-0.39, 0.29) is 24.5 Å². The predicted molar refractivity (Wildman–Crippen MR) is 135 cm³/mol. The molecule has 186 valence electrons. The second kappa shape index (κ2) is 11.8. The molecule has 1 saturated heterocycles. The van der Waals surface area contributed by atoms with Crippen LogP contribution in [-0.2, 0) is 0 Å². The quantitative estimate of drug-likeness (QED) is 0.516. The van der Waals surface area contributed by atoms with E-state index >= 15 is 0 Å². The maximum Gasteiger partial charge on any atom is 0.251 e. The third-order valence-electron chi connectivity index (χ3n) is 6.63. The summed E-state index contributed by atoms with van der Waals surface area (Å²) in [7, 11) is 0. The number of hydrogen-bond donors (Lipinski definition) is 2. The molecule has 1 aliphatic rings. The number of aliphatic hydroxyl groups is 1. The van der Waals surface area contributed by atoms with E-state index in [1.807, 2.05) is 62.4 Å². The van der Waals surface area contributed by atoms with Crippen LogP contribution in [0.2, 0.25) is 0 Å². The van der Waals surface area contributed by atoms with Gasteiger partial charge in [0.15, 0.2) is 0 Å². The van der Waals surface area contributed by atoms with Crippen LogP contribution in [-0.4, -0.2) is 60.5 Å². The molecular formula is C28H39FN2O3. The number of benzene rings is 2. The van der Waals surface area contributed by atoms with Crippen molar-refractivity contribution in [1.82, 2.24) is 10.2 Å². The summed E-state index contributed by atoms with van der Waals surface area (Å²) in [6.45, 7) is 10.1. The second-order valence-corrected chi connectivity index (χ2v) is 10.3. The zero-order valence-electron chi connectivity index (χ0n) is 20.9. The Balaban J connectivity index is 1.48. The van der Waals surface area contributed by atoms with Crippen molar-refractivity contribution in [2.75, 3.05) is 32.8 Å². The molecule has 2 unspecified atom stereocenters. The van der Waals surface area contributed by atoms with E-state index in [2.05, 4.69) is 10.2 Å². The second-order valence-electron chi connectivity index (χ2n) is 10.3. The number of aliphatic hydroxyl groups excluding tert-OH is 1. The van der Waals surface area contributed by atoms with Crippen molar-refractivity contribution in [2.45, 2.75) is 52.2 Å². The third kappa shape index (κ3) is 7.81. The number of piperidine rings is 1. The number of likely N-dealkylation sites (tertiary alicyclic amines) is 1. The summed E-state index contributed by atoms with van der Waals surface area (Å²) in [6, 6.07) is 15.4. The minimum atomic E-state index is -1.14. The van der Waals surface area contributed by atoms with Crippen molar-refractivity contribution < 1.29 is 19.0 Å². The number of carbonyl (C=O) groups excluding carboxylic acids is 1. The molecule has 0 saturated carbocycles. The Bertz CT molecular complexity index is 901. The van der Waals surface area contributed by atoms with Gasteiger partial charge >= 0.3 is 0 Å². The number of hydrogen-bond acceptors (Lipinski definition) is 4. The number of amides is 1. The Hall–Kier alpha value is -2.44. The largest absolute Gasteiger partial charge is 0.493 e. The van der Waals surface area contributed by atoms with Gasteiger partial charge in [0.2, 0.25) is 0 Å². The zero-order valence-corrected chi connectivity index (χ0v) is 20.9. The highest BCUT2D eigenvalue weighted by molar-refractivity contribution is 5.94. The molecule has 2 aromatic rings. The van der Waals surface area contributed by atoms with E-state index in [0.29, 0.717) is 24.6 Å². The van der Waals surface area contributed by atoms with E-state index in [1.54, 1.807) is 13.8 Å². The monoisotopic (exact) mass is 470 g/mol. The molecule has 0 bridgehead atoms. The lowest BCUT2D eigenvalue weighted by atomic mass is 9.97. The van der Waals surface area contributed by atoms with E-state index in [4.69, 9.17) is 4.74 Å². The van der Waals surface area contributed by atoms with Crippen LogP contribution in [0.5, 0.6) is 5.75 Å². The van der Waals surface area contributed by atoms with Crippen LogP contribution in [0.15, 0.2) is 48.5 Å². The summed E-state index contributed by atoms with van der Waals surface area (Å²) in [5.41, 5.74) is 1.55. The van der Waals surface area contributed by atoms with Crippen LogP contribution >= 0.6 is 0 Å². The Morgan fingerprint density at radius 1 is 1.09 bits per heavy atom. The fraction of sp³-hybridized carbons (Fsp3) is 0.536. The van der Waals surface area contributed by atoms with Gasteiger partial charge < -0.3 is 20.1 Å². The number of halogens is 1. The number of nitrogens with zero attached hydrogens (tertiary/aromatic N) is 1. The smallest absolute Gasteiger partial charge is 0.251 e. The first kappa shape index (κ1) is 26.2. The lowest BCUT2D eigenvalue weighted by Crippen LogP contribution is -2.41. The minimum Gasteiger partial charge on any atom is -0.493 e. The van der Waals surface area contributed by atoms with Gasteiger partial charge in [-0.15, -0.1) is 0 Å². The van der Waals surface area contributed by atoms with Crippen molar-refractivity contribution in [2.24, 2.45) is 11.8 Å². The molecule has 2 aromatic carbocycles. The number of nitrogens with one attached hydrogen (secondary N) is 1. The highest BCUT2D eigenvalue weighted by Gasteiger charge is 2.25. The molecule has 0 radical (unpaired) electrons. The van der Waals surface area contributed by atoms with Crippen LogP contribution < -0.4 is 10.1 Å². The third-order valence-corrected chi connectivity index (χ3v) is 6.63. The molecule has 1 fully saturated rings. The van der Waals surface area contributed by atoms with E-state index < -0.39 is 5.67 Å². The van der Waals surface area contributed by atoms with Gasteiger partial charge in [-0.3, -0.25) is 4.79 Å². The number of ether oxygens (including phenoxy) is 1. The summed E-state index contributed by atoms with van der Waals surface area (Å²) < 4.78 is 19.9.